The number of rotatable bonds is 3. The number of aromatic nitrogens is 2. The normalized spacial score (nSPS) is 27.4. The minimum atomic E-state index is -0.474. The summed E-state index contributed by atoms with van der Waals surface area (Å²) in [5, 5.41) is 11.5. The van der Waals surface area contributed by atoms with Gasteiger partial charge in [0, 0.05) is 26.2 Å². The lowest BCUT2D eigenvalue weighted by Crippen LogP contribution is -2.46. The molecule has 2 fully saturated rings. The first-order valence-electron chi connectivity index (χ1n) is 8.82. The van der Waals surface area contributed by atoms with Crippen LogP contribution in [0, 0.1) is 16.0 Å². The Morgan fingerprint density at radius 1 is 1.16 bits per heavy atom. The predicted molar refractivity (Wildman–Crippen MR) is 95.9 cm³/mol. The van der Waals surface area contributed by atoms with Crippen molar-refractivity contribution < 1.29 is 9.66 Å². The van der Waals surface area contributed by atoms with Gasteiger partial charge in [0.2, 0.25) is 17.6 Å². The summed E-state index contributed by atoms with van der Waals surface area (Å²) < 4.78 is 5.74. The van der Waals surface area contributed by atoms with E-state index in [1.807, 2.05) is 23.6 Å². The van der Waals surface area contributed by atoms with Gasteiger partial charge < -0.3 is 20.3 Å². The third-order valence-corrected chi connectivity index (χ3v) is 4.72. The minimum Gasteiger partial charge on any atom is -0.378 e. The van der Waals surface area contributed by atoms with Gasteiger partial charge in [-0.3, -0.25) is 10.1 Å². The zero-order valence-electron chi connectivity index (χ0n) is 15.0. The van der Waals surface area contributed by atoms with Crippen LogP contribution >= 0.6 is 0 Å². The largest absolute Gasteiger partial charge is 0.378 e. The summed E-state index contributed by atoms with van der Waals surface area (Å²) in [6.45, 7) is 8.89. The number of hydrogen-bond donors (Lipinski definition) is 1. The molecule has 25 heavy (non-hydrogen) atoms. The molecule has 1 aromatic rings. The van der Waals surface area contributed by atoms with Crippen molar-refractivity contribution in [3.8, 4) is 0 Å². The fourth-order valence-electron chi connectivity index (χ4n) is 3.71. The second-order valence-electron chi connectivity index (χ2n) is 7.19. The summed E-state index contributed by atoms with van der Waals surface area (Å²) in [5.41, 5.74) is 5.78. The van der Waals surface area contributed by atoms with Gasteiger partial charge in [-0.1, -0.05) is 6.92 Å². The number of hydrogen-bond acceptors (Lipinski definition) is 8. The van der Waals surface area contributed by atoms with Gasteiger partial charge in [0.25, 0.3) is 0 Å². The number of morpholine rings is 1. The Bertz CT molecular complexity index is 645. The number of nitrogens with two attached hydrogens (primary N) is 1. The van der Waals surface area contributed by atoms with E-state index in [9.17, 15) is 10.1 Å². The van der Waals surface area contributed by atoms with Gasteiger partial charge >= 0.3 is 5.69 Å². The average molecular weight is 350 g/mol. The highest BCUT2D eigenvalue weighted by Gasteiger charge is 2.32. The van der Waals surface area contributed by atoms with Gasteiger partial charge in [0.05, 0.1) is 17.1 Å². The molecule has 0 aromatic carbocycles. The average Bonchev–Trinajstić information content (AvgIpc) is 2.52. The van der Waals surface area contributed by atoms with Gasteiger partial charge in [-0.25, -0.2) is 0 Å². The van der Waals surface area contributed by atoms with Crippen molar-refractivity contribution in [2.45, 2.75) is 45.8 Å². The van der Waals surface area contributed by atoms with Crippen LogP contribution in [0.25, 0.3) is 0 Å². The van der Waals surface area contributed by atoms with Crippen LogP contribution in [0.2, 0.25) is 0 Å². The molecular weight excluding hydrogens is 324 g/mol. The fourth-order valence-corrected chi connectivity index (χ4v) is 3.71. The summed E-state index contributed by atoms with van der Waals surface area (Å²) >= 11 is 0. The lowest BCUT2D eigenvalue weighted by atomic mass is 10.0. The zero-order chi connectivity index (χ0) is 18.1. The maximum absolute atomic E-state index is 11.5. The highest BCUT2D eigenvalue weighted by atomic mass is 16.6. The summed E-state index contributed by atoms with van der Waals surface area (Å²) in [6, 6.07) is 0. The van der Waals surface area contributed by atoms with Crippen LogP contribution in [-0.4, -0.2) is 53.3 Å². The molecule has 3 heterocycles. The van der Waals surface area contributed by atoms with Gasteiger partial charge in [0.15, 0.2) is 0 Å². The van der Waals surface area contributed by atoms with Crippen LogP contribution < -0.4 is 15.5 Å². The van der Waals surface area contributed by atoms with Gasteiger partial charge in [-0.2, -0.15) is 9.97 Å². The standard InChI is InChI=1S/C16H26N6O3/c1-10-5-4-6-20(7-10)15-13(22(23)24)14(17)18-16(19-15)21-8-11(2)25-12(3)9-21/h10-12H,4-9H2,1-3H3,(H2,17,18,19)/t10-,11-,12+/m0/s1. The maximum Gasteiger partial charge on any atom is 0.353 e. The Labute approximate surface area is 147 Å². The molecule has 2 N–H and O–H groups in total. The number of piperidine rings is 1. The molecule has 9 heteroatoms. The van der Waals surface area contributed by atoms with Crippen LogP contribution in [-0.2, 0) is 4.74 Å². The number of nitrogens with zero attached hydrogens (tertiary/aromatic N) is 5. The van der Waals surface area contributed by atoms with Crippen LogP contribution in [0.5, 0.6) is 0 Å². The van der Waals surface area contributed by atoms with Crippen molar-refractivity contribution in [1.29, 1.82) is 0 Å². The second-order valence-corrected chi connectivity index (χ2v) is 7.19. The monoisotopic (exact) mass is 350 g/mol. The number of ether oxygens (including phenoxy) is 1. The summed E-state index contributed by atoms with van der Waals surface area (Å²) in [6.07, 6.45) is 2.20. The van der Waals surface area contributed by atoms with Crippen molar-refractivity contribution in [3.05, 3.63) is 10.1 Å². The van der Waals surface area contributed by atoms with Crippen LogP contribution in [0.4, 0.5) is 23.3 Å². The van der Waals surface area contributed by atoms with Crippen molar-refractivity contribution in [1.82, 2.24) is 9.97 Å². The van der Waals surface area contributed by atoms with Crippen molar-refractivity contribution in [2.24, 2.45) is 5.92 Å². The minimum absolute atomic E-state index is 0.0437. The van der Waals surface area contributed by atoms with Gasteiger partial charge in [-0.05, 0) is 32.6 Å². The SMILES string of the molecule is C[C@H]1CCCN(c2nc(N3C[C@@H](C)O[C@@H](C)C3)nc(N)c2[N+](=O)[O-])C1. The zero-order valence-corrected chi connectivity index (χ0v) is 15.0. The number of nitro groups is 1. The number of anilines is 3. The van der Waals surface area contributed by atoms with E-state index in [0.29, 0.717) is 30.8 Å². The molecule has 0 radical (unpaired) electrons. The van der Waals surface area contributed by atoms with Crippen molar-refractivity contribution >= 4 is 23.3 Å². The van der Waals surface area contributed by atoms with Crippen molar-refractivity contribution in [3.63, 3.8) is 0 Å². The lowest BCUT2D eigenvalue weighted by molar-refractivity contribution is -0.383. The second kappa shape index (κ2) is 6.99. The van der Waals surface area contributed by atoms with E-state index in [1.54, 1.807) is 0 Å². The lowest BCUT2D eigenvalue weighted by Gasteiger charge is -2.36. The molecule has 1 aromatic heterocycles. The van der Waals surface area contributed by atoms with Crippen LogP contribution in [0.3, 0.4) is 0 Å². The van der Waals surface area contributed by atoms with E-state index < -0.39 is 4.92 Å². The molecule has 138 valence electrons. The highest BCUT2D eigenvalue weighted by molar-refractivity contribution is 5.71. The molecule has 0 bridgehead atoms. The molecule has 0 amide bonds. The molecule has 3 rings (SSSR count). The number of nitrogen functional groups attached to an aromatic ring is 1. The molecule has 2 aliphatic rings. The first kappa shape index (κ1) is 17.7. The molecule has 0 aliphatic carbocycles. The molecule has 0 spiro atoms. The maximum atomic E-state index is 11.5. The molecular formula is C16H26N6O3. The quantitative estimate of drug-likeness (QED) is 0.649. The Morgan fingerprint density at radius 2 is 1.84 bits per heavy atom. The smallest absolute Gasteiger partial charge is 0.353 e. The Balaban J connectivity index is 1.99. The van der Waals surface area contributed by atoms with Crippen molar-refractivity contribution in [2.75, 3.05) is 41.7 Å². The van der Waals surface area contributed by atoms with E-state index in [0.717, 1.165) is 25.9 Å². The highest BCUT2D eigenvalue weighted by Crippen LogP contribution is 2.35. The summed E-state index contributed by atoms with van der Waals surface area (Å²) in [5.74, 6) is 1.18. The van der Waals surface area contributed by atoms with E-state index in [2.05, 4.69) is 16.9 Å². The molecule has 2 saturated heterocycles. The van der Waals surface area contributed by atoms with Gasteiger partial charge in [0.1, 0.15) is 0 Å². The Kier molecular flexibility index (Phi) is 4.94. The summed E-state index contributed by atoms with van der Waals surface area (Å²) in [7, 11) is 0. The topological polar surface area (TPSA) is 111 Å². The molecule has 0 unspecified atom stereocenters. The van der Waals surface area contributed by atoms with E-state index in [1.165, 1.54) is 0 Å². The predicted octanol–water partition coefficient (Wildman–Crippen LogP) is 1.82. The van der Waals surface area contributed by atoms with Gasteiger partial charge in [-0.15, -0.1) is 0 Å². The molecule has 2 aliphatic heterocycles. The third kappa shape index (κ3) is 3.76. The summed E-state index contributed by atoms with van der Waals surface area (Å²) in [4.78, 5) is 23.8. The Hall–Kier alpha value is -2.16. The first-order valence-corrected chi connectivity index (χ1v) is 8.82. The fraction of sp³-hybridized carbons (Fsp3) is 0.750. The van der Waals surface area contributed by atoms with E-state index >= 15 is 0 Å². The van der Waals surface area contributed by atoms with E-state index in [4.69, 9.17) is 10.5 Å². The molecule has 3 atom stereocenters. The van der Waals surface area contributed by atoms with Crippen LogP contribution in [0.15, 0.2) is 0 Å². The van der Waals surface area contributed by atoms with Crippen LogP contribution in [0.1, 0.15) is 33.6 Å². The Morgan fingerprint density at radius 3 is 2.44 bits per heavy atom. The third-order valence-electron chi connectivity index (χ3n) is 4.72. The first-order chi connectivity index (χ1) is 11.8. The molecule has 9 nitrogen and oxygen atoms in total. The van der Waals surface area contributed by atoms with E-state index in [-0.39, 0.29) is 23.7 Å². The molecule has 0 saturated carbocycles.